The van der Waals surface area contributed by atoms with Gasteiger partial charge >= 0.3 is 0 Å². The van der Waals surface area contributed by atoms with Crippen molar-refractivity contribution in [2.75, 3.05) is 6.54 Å². The highest BCUT2D eigenvalue weighted by Crippen LogP contribution is 2.18. The van der Waals surface area contributed by atoms with Gasteiger partial charge in [0.05, 0.1) is 10.5 Å². The Kier molecular flexibility index (Phi) is 4.55. The molecule has 0 saturated carbocycles. The number of nitrogens with two attached hydrogens (primary N) is 1. The van der Waals surface area contributed by atoms with E-state index in [0.29, 0.717) is 6.42 Å². The topological polar surface area (TPSA) is 72.2 Å². The fourth-order valence-corrected chi connectivity index (χ4v) is 2.92. The summed E-state index contributed by atoms with van der Waals surface area (Å²) in [4.78, 5) is -0.501. The van der Waals surface area contributed by atoms with Gasteiger partial charge in [-0.2, -0.15) is 0 Å². The van der Waals surface area contributed by atoms with Crippen molar-refractivity contribution >= 4 is 27.2 Å². The Morgan fingerprint density at radius 1 is 1.53 bits per heavy atom. The zero-order chi connectivity index (χ0) is 13.1. The molecule has 7 heteroatoms. The molecule has 94 valence electrons. The van der Waals surface area contributed by atoms with Crippen LogP contribution in [-0.4, -0.2) is 20.0 Å². The number of benzene rings is 1. The third-order valence-electron chi connectivity index (χ3n) is 2.05. The second-order valence-corrected chi connectivity index (χ2v) is 5.55. The lowest BCUT2D eigenvalue weighted by Gasteiger charge is -2.10. The van der Waals surface area contributed by atoms with E-state index in [9.17, 15) is 12.8 Å². The van der Waals surface area contributed by atoms with E-state index in [1.807, 2.05) is 6.92 Å². The Labute approximate surface area is 105 Å². The predicted molar refractivity (Wildman–Crippen MR) is 67.8 cm³/mol. The molecule has 0 heterocycles. The maximum Gasteiger partial charge on any atom is 0.241 e. The smallest absolute Gasteiger partial charge is 0.241 e. The van der Waals surface area contributed by atoms with Crippen LogP contribution in [0.4, 0.5) is 4.39 Å². The minimum atomic E-state index is -3.78. The van der Waals surface area contributed by atoms with Gasteiger partial charge in [0.25, 0.3) is 0 Å². The second kappa shape index (κ2) is 5.52. The van der Waals surface area contributed by atoms with Gasteiger partial charge in [-0.3, -0.25) is 0 Å². The first-order valence-electron chi connectivity index (χ1n) is 4.98. The van der Waals surface area contributed by atoms with Gasteiger partial charge in [0.1, 0.15) is 10.8 Å². The maximum absolute atomic E-state index is 13.5. The number of hydrogen-bond donors (Lipinski definition) is 2. The number of rotatable bonds is 5. The van der Waals surface area contributed by atoms with Gasteiger partial charge in [0.2, 0.25) is 10.0 Å². The molecule has 0 radical (unpaired) electrons. The summed E-state index contributed by atoms with van der Waals surface area (Å²) >= 11 is 4.66. The minimum absolute atomic E-state index is 0.224. The first-order valence-corrected chi connectivity index (χ1v) is 6.87. The van der Waals surface area contributed by atoms with Gasteiger partial charge in [-0.15, -0.1) is 0 Å². The maximum atomic E-state index is 13.5. The molecule has 0 fully saturated rings. The number of halogens is 1. The van der Waals surface area contributed by atoms with Crippen LogP contribution in [0.3, 0.4) is 0 Å². The second-order valence-electron chi connectivity index (χ2n) is 3.37. The monoisotopic (exact) mass is 276 g/mol. The van der Waals surface area contributed by atoms with E-state index in [1.165, 1.54) is 12.1 Å². The lowest BCUT2D eigenvalue weighted by Crippen LogP contribution is -2.27. The van der Waals surface area contributed by atoms with Crippen molar-refractivity contribution in [2.45, 2.75) is 18.2 Å². The van der Waals surface area contributed by atoms with Gasteiger partial charge in [-0.05, 0) is 18.6 Å². The van der Waals surface area contributed by atoms with E-state index in [2.05, 4.69) is 16.9 Å². The Morgan fingerprint density at radius 2 is 2.18 bits per heavy atom. The third kappa shape index (κ3) is 3.21. The molecule has 0 aromatic heterocycles. The van der Waals surface area contributed by atoms with E-state index < -0.39 is 15.8 Å². The van der Waals surface area contributed by atoms with E-state index >= 15 is 0 Å². The average Bonchev–Trinajstić information content (AvgIpc) is 2.25. The van der Waals surface area contributed by atoms with Crippen molar-refractivity contribution in [3.63, 3.8) is 0 Å². The van der Waals surface area contributed by atoms with Crippen molar-refractivity contribution in [3.05, 3.63) is 29.6 Å². The Morgan fingerprint density at radius 3 is 2.71 bits per heavy atom. The highest BCUT2D eigenvalue weighted by Gasteiger charge is 2.21. The molecule has 0 saturated heterocycles. The van der Waals surface area contributed by atoms with Crippen LogP contribution in [0.2, 0.25) is 0 Å². The molecule has 0 aliphatic rings. The summed E-state index contributed by atoms with van der Waals surface area (Å²) < 4.78 is 39.6. The van der Waals surface area contributed by atoms with Gasteiger partial charge < -0.3 is 5.73 Å². The van der Waals surface area contributed by atoms with Crippen molar-refractivity contribution in [3.8, 4) is 0 Å². The van der Waals surface area contributed by atoms with E-state index in [0.717, 1.165) is 6.07 Å². The summed E-state index contributed by atoms with van der Waals surface area (Å²) in [7, 11) is -3.78. The van der Waals surface area contributed by atoms with E-state index in [1.54, 1.807) is 0 Å². The normalized spacial score (nSPS) is 11.4. The van der Waals surface area contributed by atoms with Crippen molar-refractivity contribution < 1.29 is 12.8 Å². The van der Waals surface area contributed by atoms with Crippen LogP contribution in [0.25, 0.3) is 0 Å². The molecule has 0 aliphatic heterocycles. The molecule has 4 nitrogen and oxygen atoms in total. The Bertz CT molecular complexity index is 529. The van der Waals surface area contributed by atoms with Crippen LogP contribution in [0.1, 0.15) is 18.9 Å². The molecule has 0 atom stereocenters. The van der Waals surface area contributed by atoms with Gasteiger partial charge in [-0.1, -0.05) is 25.2 Å². The first-order chi connectivity index (χ1) is 7.90. The van der Waals surface area contributed by atoms with E-state index in [4.69, 9.17) is 5.73 Å². The fraction of sp³-hybridized carbons (Fsp3) is 0.300. The summed E-state index contributed by atoms with van der Waals surface area (Å²) in [5.41, 5.74) is 5.10. The minimum Gasteiger partial charge on any atom is -0.389 e. The first kappa shape index (κ1) is 14.0. The summed E-state index contributed by atoms with van der Waals surface area (Å²) in [6, 6.07) is 3.69. The number of hydrogen-bond acceptors (Lipinski definition) is 3. The predicted octanol–water partition coefficient (Wildman–Crippen LogP) is 1.15. The molecule has 1 aromatic carbocycles. The SMILES string of the molecule is CCCNS(=O)(=O)c1cccc(F)c1C(N)=S. The van der Waals surface area contributed by atoms with Crippen molar-refractivity contribution in [1.29, 1.82) is 0 Å². The average molecular weight is 276 g/mol. The Balaban J connectivity index is 3.31. The lowest BCUT2D eigenvalue weighted by atomic mass is 10.2. The van der Waals surface area contributed by atoms with Crippen molar-refractivity contribution in [2.24, 2.45) is 5.73 Å². The quantitative estimate of drug-likeness (QED) is 0.791. The molecule has 0 unspecified atom stereocenters. The van der Waals surface area contributed by atoms with Gasteiger partial charge in [-0.25, -0.2) is 17.5 Å². The van der Waals surface area contributed by atoms with Crippen LogP contribution in [0.15, 0.2) is 23.1 Å². The lowest BCUT2D eigenvalue weighted by molar-refractivity contribution is 0.576. The molecule has 3 N–H and O–H groups in total. The highest BCUT2D eigenvalue weighted by atomic mass is 32.2. The van der Waals surface area contributed by atoms with Crippen LogP contribution < -0.4 is 10.5 Å². The largest absolute Gasteiger partial charge is 0.389 e. The molecular formula is C10H13FN2O2S2. The van der Waals surface area contributed by atoms with Crippen LogP contribution in [0, 0.1) is 5.82 Å². The third-order valence-corrected chi connectivity index (χ3v) is 3.76. The summed E-state index contributed by atoms with van der Waals surface area (Å²) in [5, 5.41) is 0. The Hall–Kier alpha value is -1.05. The molecular weight excluding hydrogens is 263 g/mol. The van der Waals surface area contributed by atoms with Crippen LogP contribution >= 0.6 is 12.2 Å². The zero-order valence-corrected chi connectivity index (χ0v) is 10.9. The molecule has 0 amide bonds. The standard InChI is InChI=1S/C10H13FN2O2S2/c1-2-6-13-17(14,15)8-5-3-4-7(11)9(8)10(12)16/h3-5,13H,2,6H2,1H3,(H2,12,16). The van der Waals surface area contributed by atoms with Crippen molar-refractivity contribution in [1.82, 2.24) is 4.72 Å². The number of sulfonamides is 1. The number of thiocarbonyl (C=S) groups is 1. The molecule has 1 aromatic rings. The molecule has 0 spiro atoms. The molecule has 1 rings (SSSR count). The zero-order valence-electron chi connectivity index (χ0n) is 9.23. The highest BCUT2D eigenvalue weighted by molar-refractivity contribution is 7.89. The summed E-state index contributed by atoms with van der Waals surface area (Å²) in [6.45, 7) is 2.10. The van der Waals surface area contributed by atoms with E-state index in [-0.39, 0.29) is 22.0 Å². The molecule has 17 heavy (non-hydrogen) atoms. The molecule has 0 bridgehead atoms. The molecule has 0 aliphatic carbocycles. The van der Waals surface area contributed by atoms with Gasteiger partial charge in [0.15, 0.2) is 0 Å². The van der Waals surface area contributed by atoms with Gasteiger partial charge in [0, 0.05) is 6.54 Å². The number of nitrogens with one attached hydrogen (secondary N) is 1. The van der Waals surface area contributed by atoms with Crippen LogP contribution in [-0.2, 0) is 10.0 Å². The fourth-order valence-electron chi connectivity index (χ4n) is 1.28. The summed E-state index contributed by atoms with van der Waals surface area (Å²) in [6.07, 6.45) is 0.636. The van der Waals surface area contributed by atoms with Crippen LogP contribution in [0.5, 0.6) is 0 Å². The summed E-state index contributed by atoms with van der Waals surface area (Å²) in [5.74, 6) is -0.739.